The fraction of sp³-hybridized carbons (Fsp3) is 0.462. The molecule has 1 heterocycles. The van der Waals surface area contributed by atoms with Crippen LogP contribution in [0.1, 0.15) is 15.9 Å². The smallest absolute Gasteiger partial charge is 0.255 e. The van der Waals surface area contributed by atoms with Gasteiger partial charge in [0.1, 0.15) is 0 Å². The van der Waals surface area contributed by atoms with Crippen molar-refractivity contribution in [1.29, 1.82) is 0 Å². The number of hydrogen-bond acceptors (Lipinski definition) is 3. The van der Waals surface area contributed by atoms with E-state index in [0.717, 1.165) is 10.0 Å². The summed E-state index contributed by atoms with van der Waals surface area (Å²) in [5.41, 5.74) is 1.72. The van der Waals surface area contributed by atoms with E-state index in [1.807, 2.05) is 25.1 Å². The average molecular weight is 314 g/mol. The van der Waals surface area contributed by atoms with Gasteiger partial charge in [-0.25, -0.2) is 0 Å². The van der Waals surface area contributed by atoms with Gasteiger partial charge in [0.05, 0.1) is 31.4 Å². The van der Waals surface area contributed by atoms with E-state index in [1.54, 1.807) is 4.90 Å². The quantitative estimate of drug-likeness (QED) is 0.902. The van der Waals surface area contributed by atoms with E-state index >= 15 is 0 Å². The van der Waals surface area contributed by atoms with E-state index in [9.17, 15) is 9.90 Å². The Balaban J connectivity index is 2.24. The molecule has 1 aromatic rings. The number of aliphatic hydroxyl groups is 1. The Morgan fingerprint density at radius 3 is 3.06 bits per heavy atom. The molecule has 0 saturated carbocycles. The number of carbonyl (C=O) groups is 1. The maximum Gasteiger partial charge on any atom is 0.255 e. The first-order valence-corrected chi connectivity index (χ1v) is 6.68. The average Bonchev–Trinajstić information content (AvgIpc) is 2.38. The Labute approximate surface area is 115 Å². The summed E-state index contributed by atoms with van der Waals surface area (Å²) in [6.07, 6.45) is 0. The molecule has 2 rings (SSSR count). The molecular formula is C13H16BrNO3. The minimum atomic E-state index is -0.251. The van der Waals surface area contributed by atoms with Crippen LogP contribution >= 0.6 is 15.9 Å². The molecule has 1 aliphatic rings. The number of rotatable bonds is 2. The summed E-state index contributed by atoms with van der Waals surface area (Å²) in [6, 6.07) is 5.39. The minimum absolute atomic E-state index is 0.0655. The van der Waals surface area contributed by atoms with Crippen molar-refractivity contribution in [3.05, 3.63) is 33.8 Å². The summed E-state index contributed by atoms with van der Waals surface area (Å²) in [5.74, 6) is -0.0655. The second-order valence-corrected chi connectivity index (χ2v) is 5.25. The largest absolute Gasteiger partial charge is 0.394 e. The SMILES string of the molecule is Cc1ccc(C(=O)N2CCOCC2CO)c(Br)c1. The Hall–Kier alpha value is -0.910. The van der Waals surface area contributed by atoms with Gasteiger partial charge in [0, 0.05) is 11.0 Å². The summed E-state index contributed by atoms with van der Waals surface area (Å²) >= 11 is 3.41. The first kappa shape index (κ1) is 13.5. The minimum Gasteiger partial charge on any atom is -0.394 e. The number of nitrogens with zero attached hydrogens (tertiary/aromatic N) is 1. The van der Waals surface area contributed by atoms with Crippen molar-refractivity contribution in [2.24, 2.45) is 0 Å². The maximum atomic E-state index is 12.4. The zero-order valence-corrected chi connectivity index (χ0v) is 11.8. The molecule has 1 saturated heterocycles. The highest BCUT2D eigenvalue weighted by Gasteiger charge is 2.28. The van der Waals surface area contributed by atoms with E-state index in [1.165, 1.54) is 0 Å². The number of aliphatic hydroxyl groups excluding tert-OH is 1. The summed E-state index contributed by atoms with van der Waals surface area (Å²) in [4.78, 5) is 14.1. The van der Waals surface area contributed by atoms with Crippen LogP contribution in [0.3, 0.4) is 0 Å². The molecule has 1 aliphatic heterocycles. The van der Waals surface area contributed by atoms with Crippen molar-refractivity contribution in [2.75, 3.05) is 26.4 Å². The molecular weight excluding hydrogens is 298 g/mol. The van der Waals surface area contributed by atoms with Gasteiger partial charge in [0.2, 0.25) is 0 Å². The van der Waals surface area contributed by atoms with Gasteiger partial charge >= 0.3 is 0 Å². The molecule has 1 aromatic carbocycles. The monoisotopic (exact) mass is 313 g/mol. The van der Waals surface area contributed by atoms with Gasteiger partial charge in [-0.3, -0.25) is 4.79 Å². The molecule has 0 aliphatic carbocycles. The molecule has 1 unspecified atom stereocenters. The molecule has 4 nitrogen and oxygen atoms in total. The zero-order chi connectivity index (χ0) is 13.1. The van der Waals surface area contributed by atoms with Crippen molar-refractivity contribution in [1.82, 2.24) is 4.90 Å². The second kappa shape index (κ2) is 5.82. The van der Waals surface area contributed by atoms with Gasteiger partial charge in [-0.15, -0.1) is 0 Å². The third kappa shape index (κ3) is 2.74. The fourth-order valence-electron chi connectivity index (χ4n) is 2.02. The highest BCUT2D eigenvalue weighted by atomic mass is 79.9. The third-order valence-electron chi connectivity index (χ3n) is 3.05. The van der Waals surface area contributed by atoms with E-state index in [0.29, 0.717) is 25.3 Å². The van der Waals surface area contributed by atoms with Crippen LogP contribution < -0.4 is 0 Å². The first-order valence-electron chi connectivity index (χ1n) is 5.89. The number of ether oxygens (including phenoxy) is 1. The van der Waals surface area contributed by atoms with Crippen LogP contribution in [0.4, 0.5) is 0 Å². The molecule has 5 heteroatoms. The molecule has 18 heavy (non-hydrogen) atoms. The number of amides is 1. The summed E-state index contributed by atoms with van der Waals surface area (Å²) in [5, 5.41) is 9.29. The lowest BCUT2D eigenvalue weighted by atomic mass is 10.1. The number of aryl methyl sites for hydroxylation is 1. The second-order valence-electron chi connectivity index (χ2n) is 4.39. The highest BCUT2D eigenvalue weighted by molar-refractivity contribution is 9.10. The Morgan fingerprint density at radius 2 is 2.39 bits per heavy atom. The summed E-state index contributed by atoms with van der Waals surface area (Å²) in [6.45, 7) is 3.33. The molecule has 0 aromatic heterocycles. The van der Waals surface area contributed by atoms with Crippen molar-refractivity contribution in [2.45, 2.75) is 13.0 Å². The predicted octanol–water partition coefficient (Wildman–Crippen LogP) is 1.59. The molecule has 1 fully saturated rings. The molecule has 0 bridgehead atoms. The normalized spacial score (nSPS) is 19.9. The number of halogens is 1. The van der Waals surface area contributed by atoms with Gasteiger partial charge < -0.3 is 14.7 Å². The molecule has 98 valence electrons. The van der Waals surface area contributed by atoms with Gasteiger partial charge in [0.15, 0.2) is 0 Å². The number of carbonyl (C=O) groups excluding carboxylic acids is 1. The molecule has 1 N–H and O–H groups in total. The van der Waals surface area contributed by atoms with E-state index in [-0.39, 0.29) is 18.6 Å². The van der Waals surface area contributed by atoms with Crippen LogP contribution in [0.25, 0.3) is 0 Å². The molecule has 0 spiro atoms. The van der Waals surface area contributed by atoms with Gasteiger partial charge in [-0.1, -0.05) is 6.07 Å². The van der Waals surface area contributed by atoms with Gasteiger partial charge in [-0.2, -0.15) is 0 Å². The summed E-state index contributed by atoms with van der Waals surface area (Å²) in [7, 11) is 0. The fourth-order valence-corrected chi connectivity index (χ4v) is 2.68. The van der Waals surface area contributed by atoms with Crippen LogP contribution in [-0.4, -0.2) is 48.3 Å². The zero-order valence-electron chi connectivity index (χ0n) is 10.2. The lowest BCUT2D eigenvalue weighted by Crippen LogP contribution is -2.50. The maximum absolute atomic E-state index is 12.4. The lowest BCUT2D eigenvalue weighted by Gasteiger charge is -2.34. The van der Waals surface area contributed by atoms with Crippen molar-refractivity contribution < 1.29 is 14.6 Å². The van der Waals surface area contributed by atoms with E-state index in [2.05, 4.69) is 15.9 Å². The van der Waals surface area contributed by atoms with Crippen LogP contribution in [0.5, 0.6) is 0 Å². The Morgan fingerprint density at radius 1 is 1.61 bits per heavy atom. The first-order chi connectivity index (χ1) is 8.63. The molecule has 1 amide bonds. The Bertz CT molecular complexity index is 450. The van der Waals surface area contributed by atoms with Crippen LogP contribution in [-0.2, 0) is 4.74 Å². The standard InChI is InChI=1S/C13H16BrNO3/c1-9-2-3-11(12(14)6-9)13(17)15-4-5-18-8-10(15)7-16/h2-3,6,10,16H,4-5,7-8H2,1H3. The Kier molecular flexibility index (Phi) is 4.37. The number of hydrogen-bond donors (Lipinski definition) is 1. The van der Waals surface area contributed by atoms with Gasteiger partial charge in [0.25, 0.3) is 5.91 Å². The van der Waals surface area contributed by atoms with Crippen molar-refractivity contribution >= 4 is 21.8 Å². The lowest BCUT2D eigenvalue weighted by molar-refractivity contribution is -0.0184. The van der Waals surface area contributed by atoms with Crippen LogP contribution in [0.2, 0.25) is 0 Å². The van der Waals surface area contributed by atoms with Crippen molar-refractivity contribution in [3.63, 3.8) is 0 Å². The topological polar surface area (TPSA) is 49.8 Å². The highest BCUT2D eigenvalue weighted by Crippen LogP contribution is 2.21. The summed E-state index contributed by atoms with van der Waals surface area (Å²) < 4.78 is 6.06. The van der Waals surface area contributed by atoms with Crippen LogP contribution in [0, 0.1) is 6.92 Å². The van der Waals surface area contributed by atoms with Crippen LogP contribution in [0.15, 0.2) is 22.7 Å². The number of benzene rings is 1. The molecule has 0 radical (unpaired) electrons. The number of morpholine rings is 1. The van der Waals surface area contributed by atoms with E-state index < -0.39 is 0 Å². The van der Waals surface area contributed by atoms with E-state index in [4.69, 9.17) is 4.74 Å². The van der Waals surface area contributed by atoms with Gasteiger partial charge in [-0.05, 0) is 40.5 Å². The molecule has 1 atom stereocenters. The predicted molar refractivity (Wildman–Crippen MR) is 71.6 cm³/mol. The third-order valence-corrected chi connectivity index (χ3v) is 3.71. The van der Waals surface area contributed by atoms with Crippen molar-refractivity contribution in [3.8, 4) is 0 Å².